The van der Waals surface area contributed by atoms with E-state index in [0.717, 1.165) is 11.3 Å². The molecular formula is C14H23N3O2. The van der Waals surface area contributed by atoms with Crippen LogP contribution in [0, 0.1) is 0 Å². The highest BCUT2D eigenvalue weighted by Gasteiger charge is 2.09. The van der Waals surface area contributed by atoms with Crippen LogP contribution in [0.1, 0.15) is 18.9 Å². The van der Waals surface area contributed by atoms with Gasteiger partial charge >= 0.3 is 0 Å². The summed E-state index contributed by atoms with van der Waals surface area (Å²) >= 11 is 0. The molecular weight excluding hydrogens is 242 g/mol. The molecule has 0 radical (unpaired) electrons. The van der Waals surface area contributed by atoms with Gasteiger partial charge in [0, 0.05) is 18.8 Å². The number of para-hydroxylation sites is 1. The molecule has 5 nitrogen and oxygen atoms in total. The van der Waals surface area contributed by atoms with Crippen molar-refractivity contribution in [1.82, 2.24) is 4.90 Å². The van der Waals surface area contributed by atoms with Crippen LogP contribution in [0.5, 0.6) is 0 Å². The van der Waals surface area contributed by atoms with Crippen molar-refractivity contribution in [3.05, 3.63) is 29.8 Å². The lowest BCUT2D eigenvalue weighted by Gasteiger charge is -2.17. The SMILES string of the molecule is CC(O)CCN(C)CC(=O)Nc1ccccc1CN. The molecule has 4 N–H and O–H groups in total. The van der Waals surface area contributed by atoms with Crippen molar-refractivity contribution in [3.8, 4) is 0 Å². The van der Waals surface area contributed by atoms with E-state index in [9.17, 15) is 9.90 Å². The molecule has 0 aromatic heterocycles. The molecule has 0 aliphatic rings. The summed E-state index contributed by atoms with van der Waals surface area (Å²) in [5.41, 5.74) is 7.30. The van der Waals surface area contributed by atoms with Gasteiger partial charge in [-0.25, -0.2) is 0 Å². The van der Waals surface area contributed by atoms with Crippen molar-refractivity contribution >= 4 is 11.6 Å². The number of amides is 1. The second-order valence-electron chi connectivity index (χ2n) is 4.78. The van der Waals surface area contributed by atoms with Gasteiger partial charge < -0.3 is 16.2 Å². The van der Waals surface area contributed by atoms with E-state index in [2.05, 4.69) is 5.32 Å². The molecule has 1 amide bonds. The van der Waals surface area contributed by atoms with E-state index in [1.807, 2.05) is 36.2 Å². The number of aliphatic hydroxyl groups is 1. The summed E-state index contributed by atoms with van der Waals surface area (Å²) < 4.78 is 0. The first-order chi connectivity index (χ1) is 9.02. The fourth-order valence-corrected chi connectivity index (χ4v) is 1.74. The number of rotatable bonds is 7. The molecule has 19 heavy (non-hydrogen) atoms. The van der Waals surface area contributed by atoms with Gasteiger partial charge in [0.1, 0.15) is 0 Å². The molecule has 1 unspecified atom stereocenters. The third kappa shape index (κ3) is 5.83. The minimum atomic E-state index is -0.344. The second-order valence-corrected chi connectivity index (χ2v) is 4.78. The van der Waals surface area contributed by atoms with Crippen LogP contribution in [0.2, 0.25) is 0 Å². The van der Waals surface area contributed by atoms with Gasteiger partial charge in [-0.15, -0.1) is 0 Å². The fourth-order valence-electron chi connectivity index (χ4n) is 1.74. The predicted octanol–water partition coefficient (Wildman–Crippen LogP) is 0.786. The van der Waals surface area contributed by atoms with Crippen molar-refractivity contribution in [2.45, 2.75) is 26.0 Å². The van der Waals surface area contributed by atoms with E-state index in [-0.39, 0.29) is 12.0 Å². The smallest absolute Gasteiger partial charge is 0.238 e. The Bertz CT molecular complexity index is 407. The summed E-state index contributed by atoms with van der Waals surface area (Å²) in [7, 11) is 1.86. The lowest BCUT2D eigenvalue weighted by Crippen LogP contribution is -2.32. The lowest BCUT2D eigenvalue weighted by atomic mass is 10.2. The number of benzene rings is 1. The molecule has 5 heteroatoms. The van der Waals surface area contributed by atoms with Gasteiger partial charge in [-0.05, 0) is 32.0 Å². The Labute approximate surface area is 114 Å². The van der Waals surface area contributed by atoms with Crippen molar-refractivity contribution in [3.63, 3.8) is 0 Å². The summed E-state index contributed by atoms with van der Waals surface area (Å²) in [4.78, 5) is 13.8. The largest absolute Gasteiger partial charge is 0.393 e. The minimum Gasteiger partial charge on any atom is -0.393 e. The molecule has 0 aliphatic carbocycles. The summed E-state index contributed by atoms with van der Waals surface area (Å²) in [5, 5.41) is 12.1. The zero-order valence-corrected chi connectivity index (χ0v) is 11.6. The van der Waals surface area contributed by atoms with Crippen LogP contribution in [-0.2, 0) is 11.3 Å². The predicted molar refractivity (Wildman–Crippen MR) is 76.8 cm³/mol. The number of anilines is 1. The van der Waals surface area contributed by atoms with Gasteiger partial charge in [0.15, 0.2) is 0 Å². The van der Waals surface area contributed by atoms with Gasteiger partial charge in [-0.2, -0.15) is 0 Å². The summed E-state index contributed by atoms with van der Waals surface area (Å²) in [5.74, 6) is -0.0750. The first kappa shape index (κ1) is 15.6. The van der Waals surface area contributed by atoms with Gasteiger partial charge in [0.05, 0.1) is 12.6 Å². The van der Waals surface area contributed by atoms with Gasteiger partial charge in [-0.1, -0.05) is 18.2 Å². The Hall–Kier alpha value is -1.43. The van der Waals surface area contributed by atoms with Crippen molar-refractivity contribution in [2.75, 3.05) is 25.5 Å². The van der Waals surface area contributed by atoms with Crippen molar-refractivity contribution in [1.29, 1.82) is 0 Å². The summed E-state index contributed by atoms with van der Waals surface area (Å²) in [6.45, 7) is 3.12. The Morgan fingerprint density at radius 3 is 2.79 bits per heavy atom. The minimum absolute atomic E-state index is 0.0750. The number of aliphatic hydroxyl groups excluding tert-OH is 1. The first-order valence-electron chi connectivity index (χ1n) is 6.47. The number of likely N-dealkylation sites (N-methyl/N-ethyl adjacent to an activating group) is 1. The highest BCUT2D eigenvalue weighted by atomic mass is 16.3. The van der Waals surface area contributed by atoms with Crippen LogP contribution in [0.3, 0.4) is 0 Å². The third-order valence-corrected chi connectivity index (χ3v) is 2.85. The van der Waals surface area contributed by atoms with Gasteiger partial charge in [0.25, 0.3) is 0 Å². The number of hydrogen-bond acceptors (Lipinski definition) is 4. The van der Waals surface area contributed by atoms with Crippen LogP contribution in [0.25, 0.3) is 0 Å². The number of carbonyl (C=O) groups is 1. The normalized spacial score (nSPS) is 12.5. The number of nitrogens with zero attached hydrogens (tertiary/aromatic N) is 1. The van der Waals surface area contributed by atoms with Crippen LogP contribution in [-0.4, -0.2) is 42.2 Å². The zero-order chi connectivity index (χ0) is 14.3. The zero-order valence-electron chi connectivity index (χ0n) is 11.6. The fraction of sp³-hybridized carbons (Fsp3) is 0.500. The highest BCUT2D eigenvalue weighted by molar-refractivity contribution is 5.92. The number of carbonyl (C=O) groups excluding carboxylic acids is 1. The third-order valence-electron chi connectivity index (χ3n) is 2.85. The molecule has 0 saturated carbocycles. The van der Waals surface area contributed by atoms with Crippen LogP contribution >= 0.6 is 0 Å². The van der Waals surface area contributed by atoms with E-state index in [4.69, 9.17) is 5.73 Å². The van der Waals surface area contributed by atoms with Gasteiger partial charge in [0.2, 0.25) is 5.91 Å². The Balaban J connectivity index is 2.46. The number of nitrogens with one attached hydrogen (secondary N) is 1. The maximum absolute atomic E-state index is 11.9. The second kappa shape index (κ2) is 7.89. The molecule has 0 heterocycles. The molecule has 1 rings (SSSR count). The van der Waals surface area contributed by atoms with Crippen LogP contribution in [0.4, 0.5) is 5.69 Å². The Morgan fingerprint density at radius 2 is 2.16 bits per heavy atom. The Kier molecular flexibility index (Phi) is 6.49. The number of nitrogens with two attached hydrogens (primary N) is 1. The van der Waals surface area contributed by atoms with Crippen molar-refractivity contribution in [2.24, 2.45) is 5.73 Å². The maximum Gasteiger partial charge on any atom is 0.238 e. The number of hydrogen-bond donors (Lipinski definition) is 3. The van der Waals surface area contributed by atoms with E-state index in [1.54, 1.807) is 6.92 Å². The Morgan fingerprint density at radius 1 is 1.47 bits per heavy atom. The molecule has 1 atom stereocenters. The molecule has 106 valence electrons. The standard InChI is InChI=1S/C14H23N3O2/c1-11(18)7-8-17(2)10-14(19)16-13-6-4-3-5-12(13)9-15/h3-6,11,18H,7-10,15H2,1-2H3,(H,16,19). The van der Waals surface area contributed by atoms with E-state index < -0.39 is 0 Å². The summed E-state index contributed by atoms with van der Waals surface area (Å²) in [6.07, 6.45) is 0.312. The quantitative estimate of drug-likeness (QED) is 0.681. The van der Waals surface area contributed by atoms with Crippen LogP contribution in [0.15, 0.2) is 24.3 Å². The highest BCUT2D eigenvalue weighted by Crippen LogP contribution is 2.13. The molecule has 0 saturated heterocycles. The van der Waals surface area contributed by atoms with Gasteiger partial charge in [-0.3, -0.25) is 9.69 Å². The van der Waals surface area contributed by atoms with E-state index in [1.165, 1.54) is 0 Å². The average molecular weight is 265 g/mol. The molecule has 0 aliphatic heterocycles. The summed E-state index contributed by atoms with van der Waals surface area (Å²) in [6, 6.07) is 7.50. The topological polar surface area (TPSA) is 78.6 Å². The van der Waals surface area contributed by atoms with E-state index in [0.29, 0.717) is 26.1 Å². The monoisotopic (exact) mass is 265 g/mol. The lowest BCUT2D eigenvalue weighted by molar-refractivity contribution is -0.117. The molecule has 0 fully saturated rings. The maximum atomic E-state index is 11.9. The first-order valence-corrected chi connectivity index (χ1v) is 6.47. The van der Waals surface area contributed by atoms with Crippen molar-refractivity contribution < 1.29 is 9.90 Å². The molecule has 1 aromatic rings. The molecule has 0 spiro atoms. The molecule has 0 bridgehead atoms. The van der Waals surface area contributed by atoms with Crippen LogP contribution < -0.4 is 11.1 Å². The van der Waals surface area contributed by atoms with E-state index >= 15 is 0 Å². The molecule has 1 aromatic carbocycles. The average Bonchev–Trinajstić information content (AvgIpc) is 2.37.